The summed E-state index contributed by atoms with van der Waals surface area (Å²) in [5, 5.41) is 8.08. The highest BCUT2D eigenvalue weighted by Gasteiger charge is 2.07. The number of hydrogen-bond donors (Lipinski definition) is 3. The molecule has 1 atom stereocenters. The van der Waals surface area contributed by atoms with E-state index in [2.05, 4.69) is 76.9 Å². The minimum absolute atomic E-state index is 0.614. The van der Waals surface area contributed by atoms with Crippen LogP contribution in [0.3, 0.4) is 0 Å². The molecule has 5 heteroatoms. The topological polar surface area (TPSA) is 55.4 Å². The zero-order chi connectivity index (χ0) is 17.4. The van der Waals surface area contributed by atoms with Crippen molar-refractivity contribution in [3.05, 3.63) is 36.0 Å². The van der Waals surface area contributed by atoms with Crippen LogP contribution in [0.15, 0.2) is 35.5 Å². The van der Waals surface area contributed by atoms with Gasteiger partial charge in [0.2, 0.25) is 0 Å². The Morgan fingerprint density at radius 1 is 1.25 bits per heavy atom. The van der Waals surface area contributed by atoms with E-state index in [1.807, 2.05) is 7.05 Å². The number of hydrogen-bond acceptors (Lipinski definition) is 2. The molecule has 1 aromatic carbocycles. The van der Waals surface area contributed by atoms with Gasteiger partial charge in [-0.15, -0.1) is 0 Å². The quantitative estimate of drug-likeness (QED) is 0.515. The number of aliphatic imine (C=N–C) groups is 1. The van der Waals surface area contributed by atoms with E-state index < -0.39 is 0 Å². The predicted molar refractivity (Wildman–Crippen MR) is 104 cm³/mol. The van der Waals surface area contributed by atoms with E-state index >= 15 is 0 Å². The van der Waals surface area contributed by atoms with Crippen molar-refractivity contribution in [2.24, 2.45) is 4.99 Å². The summed E-state index contributed by atoms with van der Waals surface area (Å²) in [7, 11) is 3.99. The lowest BCUT2D eigenvalue weighted by atomic mass is 10.1. The fraction of sp³-hybridized carbons (Fsp3) is 0.526. The van der Waals surface area contributed by atoms with Crippen molar-refractivity contribution in [1.29, 1.82) is 0 Å². The molecule has 0 aliphatic heterocycles. The highest BCUT2D eigenvalue weighted by molar-refractivity contribution is 5.83. The molecular formula is C19H31N5. The summed E-state index contributed by atoms with van der Waals surface area (Å²) in [5.41, 5.74) is 2.54. The lowest BCUT2D eigenvalue weighted by molar-refractivity contribution is 0.255. The first-order valence-corrected chi connectivity index (χ1v) is 8.85. The average molecular weight is 329 g/mol. The van der Waals surface area contributed by atoms with Crippen molar-refractivity contribution in [3.63, 3.8) is 0 Å². The van der Waals surface area contributed by atoms with E-state index in [1.54, 1.807) is 0 Å². The second-order valence-electron chi connectivity index (χ2n) is 6.27. The molecule has 0 amide bonds. The Kier molecular flexibility index (Phi) is 7.12. The number of aromatic amines is 1. The van der Waals surface area contributed by atoms with Gasteiger partial charge in [-0.25, -0.2) is 0 Å². The SMILES string of the molecule is CCC(C)N(C)CCNC(=NC)NCCc1c[nH]c2ccccc12. The van der Waals surface area contributed by atoms with Crippen molar-refractivity contribution >= 4 is 16.9 Å². The van der Waals surface area contributed by atoms with Crippen LogP contribution in [-0.2, 0) is 6.42 Å². The monoisotopic (exact) mass is 329 g/mol. The molecule has 2 aromatic rings. The number of fused-ring (bicyclic) bond motifs is 1. The predicted octanol–water partition coefficient (Wildman–Crippen LogP) is 2.61. The standard InChI is InChI=1S/C19H31N5/c1-5-15(2)24(4)13-12-22-19(20-3)21-11-10-16-14-23-18-9-7-6-8-17(16)18/h6-9,14-15,23H,5,10-13H2,1-4H3,(H2,20,21,22). The van der Waals surface area contributed by atoms with Crippen LogP contribution in [-0.4, -0.2) is 55.6 Å². The van der Waals surface area contributed by atoms with Gasteiger partial charge in [-0.1, -0.05) is 25.1 Å². The summed E-state index contributed by atoms with van der Waals surface area (Å²) in [6.45, 7) is 7.25. The van der Waals surface area contributed by atoms with Crippen LogP contribution in [0.2, 0.25) is 0 Å². The number of benzene rings is 1. The molecule has 24 heavy (non-hydrogen) atoms. The third-order valence-electron chi connectivity index (χ3n) is 4.69. The van der Waals surface area contributed by atoms with E-state index in [-0.39, 0.29) is 0 Å². The molecule has 0 fully saturated rings. The van der Waals surface area contributed by atoms with Gasteiger partial charge < -0.3 is 20.5 Å². The van der Waals surface area contributed by atoms with Gasteiger partial charge in [0.15, 0.2) is 5.96 Å². The molecule has 2 rings (SSSR count). The Balaban J connectivity index is 1.74. The van der Waals surface area contributed by atoms with Crippen LogP contribution in [0, 0.1) is 0 Å². The highest BCUT2D eigenvalue weighted by Crippen LogP contribution is 2.17. The van der Waals surface area contributed by atoms with E-state index in [1.165, 1.54) is 22.9 Å². The molecule has 132 valence electrons. The zero-order valence-corrected chi connectivity index (χ0v) is 15.4. The Bertz CT molecular complexity index is 646. The third kappa shape index (κ3) is 4.99. The van der Waals surface area contributed by atoms with Gasteiger partial charge in [0, 0.05) is 49.8 Å². The molecule has 3 N–H and O–H groups in total. The van der Waals surface area contributed by atoms with E-state index in [0.717, 1.165) is 32.0 Å². The van der Waals surface area contributed by atoms with Crippen LogP contribution in [0.5, 0.6) is 0 Å². The molecular weight excluding hydrogens is 298 g/mol. The summed E-state index contributed by atoms with van der Waals surface area (Å²) < 4.78 is 0. The number of likely N-dealkylation sites (N-methyl/N-ethyl adjacent to an activating group) is 1. The number of H-pyrrole nitrogens is 1. The number of para-hydroxylation sites is 1. The van der Waals surface area contributed by atoms with Crippen LogP contribution in [0.25, 0.3) is 10.9 Å². The Hall–Kier alpha value is -2.01. The molecule has 1 heterocycles. The fourth-order valence-corrected chi connectivity index (χ4v) is 2.76. The van der Waals surface area contributed by atoms with Gasteiger partial charge in [0.1, 0.15) is 0 Å². The van der Waals surface area contributed by atoms with Gasteiger partial charge >= 0.3 is 0 Å². The second kappa shape index (κ2) is 9.33. The smallest absolute Gasteiger partial charge is 0.191 e. The maximum atomic E-state index is 4.30. The van der Waals surface area contributed by atoms with Gasteiger partial charge in [-0.3, -0.25) is 4.99 Å². The van der Waals surface area contributed by atoms with Crippen molar-refractivity contribution in [2.45, 2.75) is 32.7 Å². The maximum Gasteiger partial charge on any atom is 0.191 e. The van der Waals surface area contributed by atoms with E-state index in [4.69, 9.17) is 0 Å². The van der Waals surface area contributed by atoms with Gasteiger partial charge in [0.05, 0.1) is 0 Å². The van der Waals surface area contributed by atoms with Crippen LogP contribution >= 0.6 is 0 Å². The summed E-state index contributed by atoms with van der Waals surface area (Å²) in [4.78, 5) is 9.99. The van der Waals surface area contributed by atoms with Crippen molar-refractivity contribution in [3.8, 4) is 0 Å². The molecule has 0 saturated carbocycles. The lowest BCUT2D eigenvalue weighted by Crippen LogP contribution is -2.42. The summed E-state index contributed by atoms with van der Waals surface area (Å²) in [6.07, 6.45) is 4.25. The Labute approximate surface area is 145 Å². The average Bonchev–Trinajstić information content (AvgIpc) is 3.02. The molecule has 0 radical (unpaired) electrons. The first-order valence-electron chi connectivity index (χ1n) is 8.85. The minimum Gasteiger partial charge on any atom is -0.361 e. The Morgan fingerprint density at radius 2 is 2.00 bits per heavy atom. The molecule has 0 aliphatic carbocycles. The summed E-state index contributed by atoms with van der Waals surface area (Å²) in [5.74, 6) is 0.868. The molecule has 0 spiro atoms. The third-order valence-corrected chi connectivity index (χ3v) is 4.69. The maximum absolute atomic E-state index is 4.30. The molecule has 1 aromatic heterocycles. The number of nitrogens with one attached hydrogen (secondary N) is 3. The number of aromatic nitrogens is 1. The number of nitrogens with zero attached hydrogens (tertiary/aromatic N) is 2. The highest BCUT2D eigenvalue weighted by atomic mass is 15.2. The van der Waals surface area contributed by atoms with E-state index in [0.29, 0.717) is 6.04 Å². The van der Waals surface area contributed by atoms with Gasteiger partial charge in [0.25, 0.3) is 0 Å². The molecule has 1 unspecified atom stereocenters. The van der Waals surface area contributed by atoms with Gasteiger partial charge in [-0.05, 0) is 38.4 Å². The lowest BCUT2D eigenvalue weighted by Gasteiger charge is -2.23. The summed E-state index contributed by atoms with van der Waals surface area (Å²) >= 11 is 0. The molecule has 5 nitrogen and oxygen atoms in total. The van der Waals surface area contributed by atoms with Crippen LogP contribution < -0.4 is 10.6 Å². The van der Waals surface area contributed by atoms with Crippen LogP contribution in [0.4, 0.5) is 0 Å². The number of rotatable bonds is 8. The fourth-order valence-electron chi connectivity index (χ4n) is 2.76. The molecule has 0 bridgehead atoms. The second-order valence-corrected chi connectivity index (χ2v) is 6.27. The molecule has 0 saturated heterocycles. The first kappa shape index (κ1) is 18.3. The Morgan fingerprint density at radius 3 is 2.75 bits per heavy atom. The van der Waals surface area contributed by atoms with Crippen LogP contribution in [0.1, 0.15) is 25.8 Å². The normalized spacial score (nSPS) is 13.5. The minimum atomic E-state index is 0.614. The first-order chi connectivity index (χ1) is 11.7. The summed E-state index contributed by atoms with van der Waals surface area (Å²) in [6, 6.07) is 9.04. The number of guanidine groups is 1. The molecule has 0 aliphatic rings. The van der Waals surface area contributed by atoms with Crippen molar-refractivity contribution < 1.29 is 0 Å². The van der Waals surface area contributed by atoms with E-state index in [9.17, 15) is 0 Å². The van der Waals surface area contributed by atoms with Gasteiger partial charge in [-0.2, -0.15) is 0 Å². The largest absolute Gasteiger partial charge is 0.361 e. The zero-order valence-electron chi connectivity index (χ0n) is 15.4. The van der Waals surface area contributed by atoms with Crippen molar-refractivity contribution in [2.75, 3.05) is 33.7 Å². The van der Waals surface area contributed by atoms with Crippen molar-refractivity contribution in [1.82, 2.24) is 20.5 Å².